The first-order chi connectivity index (χ1) is 22.8. The number of esters is 2. The minimum atomic E-state index is -1.78. The molecule has 1 spiro atoms. The van der Waals surface area contributed by atoms with E-state index in [2.05, 4.69) is 0 Å². The van der Waals surface area contributed by atoms with Gasteiger partial charge in [0.25, 0.3) is 0 Å². The first-order valence-corrected chi connectivity index (χ1v) is 16.6. The van der Waals surface area contributed by atoms with Gasteiger partial charge in [-0.25, -0.2) is 4.79 Å². The van der Waals surface area contributed by atoms with Gasteiger partial charge in [-0.05, 0) is 45.6 Å². The number of carbonyl (C=O) groups is 4. The quantitative estimate of drug-likeness (QED) is 0.198. The van der Waals surface area contributed by atoms with E-state index >= 15 is 0 Å². The highest BCUT2D eigenvalue weighted by Gasteiger charge is 2.87. The van der Waals surface area contributed by atoms with Crippen LogP contribution in [0, 0.1) is 28.1 Å². The van der Waals surface area contributed by atoms with Gasteiger partial charge in [0.2, 0.25) is 0 Å². The van der Waals surface area contributed by atoms with E-state index in [0.717, 1.165) is 0 Å². The van der Waals surface area contributed by atoms with Crippen molar-refractivity contribution in [3.63, 3.8) is 0 Å². The molecule has 4 heterocycles. The van der Waals surface area contributed by atoms with Gasteiger partial charge >= 0.3 is 17.9 Å². The number of carbonyl (C=O) groups excluding carboxylic acids is 3. The first-order valence-electron chi connectivity index (χ1n) is 16.6. The van der Waals surface area contributed by atoms with Crippen molar-refractivity contribution in [2.45, 2.75) is 127 Å². The lowest BCUT2D eigenvalue weighted by Gasteiger charge is -2.65. The maximum Gasteiger partial charge on any atom is 0.335 e. The molecule has 2 aliphatic carbocycles. The maximum atomic E-state index is 14.8. The van der Waals surface area contributed by atoms with E-state index in [0.29, 0.717) is 5.56 Å². The number of aliphatic hydroxyl groups excluding tert-OH is 4. The lowest BCUT2D eigenvalue weighted by atomic mass is 9.37. The van der Waals surface area contributed by atoms with Crippen LogP contribution in [-0.4, -0.2) is 110 Å². The number of Topliss-reactive ketones (excluding diaryl/α,β-unsaturated/α-hetero) is 1. The second kappa shape index (κ2) is 11.8. The lowest BCUT2D eigenvalue weighted by Crippen LogP contribution is -2.72. The van der Waals surface area contributed by atoms with E-state index in [9.17, 15) is 44.7 Å². The van der Waals surface area contributed by atoms with Crippen LogP contribution in [0.5, 0.6) is 0 Å². The smallest absolute Gasteiger partial charge is 0.335 e. The number of cyclic esters (lactones) is 1. The van der Waals surface area contributed by atoms with Crippen molar-refractivity contribution in [3.05, 3.63) is 24.2 Å². The van der Waals surface area contributed by atoms with Gasteiger partial charge in [-0.15, -0.1) is 0 Å². The van der Waals surface area contributed by atoms with Crippen LogP contribution in [0.15, 0.2) is 23.0 Å². The molecule has 3 aliphatic heterocycles. The van der Waals surface area contributed by atoms with E-state index in [1.807, 2.05) is 6.92 Å². The zero-order valence-electron chi connectivity index (χ0n) is 28.4. The zero-order valence-corrected chi connectivity index (χ0v) is 28.4. The summed E-state index contributed by atoms with van der Waals surface area (Å²) in [6.07, 6.45) is -8.99. The molecule has 5 unspecified atom stereocenters. The minimum Gasteiger partial charge on any atom is -0.479 e. The van der Waals surface area contributed by atoms with E-state index in [4.69, 9.17) is 28.1 Å². The van der Waals surface area contributed by atoms with Crippen LogP contribution in [0.1, 0.15) is 78.9 Å². The number of carboxylic acids is 1. The molecule has 49 heavy (non-hydrogen) atoms. The number of aliphatic carboxylic acids is 1. The van der Waals surface area contributed by atoms with Crippen molar-refractivity contribution < 1.29 is 72.8 Å². The molecule has 5 fully saturated rings. The number of hydrogen-bond acceptors (Lipinski definition) is 14. The first kappa shape index (κ1) is 35.9. The van der Waals surface area contributed by atoms with Crippen LogP contribution >= 0.6 is 0 Å². The van der Waals surface area contributed by atoms with Crippen LogP contribution in [0.2, 0.25) is 0 Å². The molecule has 15 nitrogen and oxygen atoms in total. The Morgan fingerprint density at radius 1 is 1.02 bits per heavy atom. The number of carboxylic acid groups (broad SMARTS) is 1. The fourth-order valence-electron chi connectivity index (χ4n) is 10.4. The Balaban J connectivity index is 1.51. The fourth-order valence-corrected chi connectivity index (χ4v) is 10.4. The van der Waals surface area contributed by atoms with Gasteiger partial charge in [0.05, 0.1) is 37.1 Å². The van der Waals surface area contributed by atoms with Gasteiger partial charge in [-0.3, -0.25) is 14.4 Å². The Morgan fingerprint density at radius 2 is 1.71 bits per heavy atom. The second-order valence-corrected chi connectivity index (χ2v) is 15.5. The van der Waals surface area contributed by atoms with Crippen LogP contribution in [0.4, 0.5) is 0 Å². The average molecular weight is 695 g/mol. The predicted molar refractivity (Wildman–Crippen MR) is 162 cm³/mol. The van der Waals surface area contributed by atoms with Crippen LogP contribution in [0.25, 0.3) is 0 Å². The zero-order chi connectivity index (χ0) is 36.1. The highest BCUT2D eigenvalue weighted by molar-refractivity contribution is 5.92. The van der Waals surface area contributed by atoms with Gasteiger partial charge in [0.1, 0.15) is 47.5 Å². The van der Waals surface area contributed by atoms with Crippen LogP contribution in [0.3, 0.4) is 0 Å². The van der Waals surface area contributed by atoms with Crippen molar-refractivity contribution in [2.24, 2.45) is 28.1 Å². The number of epoxide rings is 1. The molecule has 5 N–H and O–H groups in total. The summed E-state index contributed by atoms with van der Waals surface area (Å²) >= 11 is 0. The number of aliphatic hydroxyl groups is 4. The Morgan fingerprint density at radius 3 is 2.29 bits per heavy atom. The molecule has 1 aromatic heterocycles. The third-order valence-corrected chi connectivity index (χ3v) is 12.7. The summed E-state index contributed by atoms with van der Waals surface area (Å²) in [4.78, 5) is 53.4. The molecule has 1 aromatic rings. The van der Waals surface area contributed by atoms with Gasteiger partial charge in [-0.1, -0.05) is 13.8 Å². The molecule has 14 atom stereocenters. The summed E-state index contributed by atoms with van der Waals surface area (Å²) in [6, 6.07) is 1.58. The van der Waals surface area contributed by atoms with Crippen molar-refractivity contribution in [1.82, 2.24) is 0 Å². The van der Waals surface area contributed by atoms with Gasteiger partial charge in [0.15, 0.2) is 12.4 Å². The third kappa shape index (κ3) is 4.94. The Labute approximate surface area is 282 Å². The average Bonchev–Trinajstić information content (AvgIpc) is 3.60. The van der Waals surface area contributed by atoms with E-state index in [-0.39, 0.29) is 31.5 Å². The minimum absolute atomic E-state index is 0.140. The number of ketones is 1. The van der Waals surface area contributed by atoms with Gasteiger partial charge in [0, 0.05) is 35.7 Å². The molecule has 0 aromatic carbocycles. The molecule has 15 heteroatoms. The van der Waals surface area contributed by atoms with E-state index in [1.54, 1.807) is 33.8 Å². The lowest BCUT2D eigenvalue weighted by molar-refractivity contribution is -0.328. The molecule has 3 saturated heterocycles. The van der Waals surface area contributed by atoms with E-state index in [1.165, 1.54) is 19.5 Å². The summed E-state index contributed by atoms with van der Waals surface area (Å²) in [6.45, 7) is 9.26. The topological polar surface area (TPSA) is 232 Å². The number of rotatable bonds is 7. The number of furan rings is 1. The van der Waals surface area contributed by atoms with E-state index < -0.39 is 113 Å². The number of fused-ring (bicyclic) bond motifs is 4. The van der Waals surface area contributed by atoms with Gasteiger partial charge in [-0.2, -0.15) is 0 Å². The summed E-state index contributed by atoms with van der Waals surface area (Å²) < 4.78 is 35.6. The molecule has 0 radical (unpaired) electrons. The Kier molecular flexibility index (Phi) is 8.66. The highest BCUT2D eigenvalue weighted by atomic mass is 16.7. The highest BCUT2D eigenvalue weighted by Crippen LogP contribution is 2.77. The summed E-state index contributed by atoms with van der Waals surface area (Å²) in [5.74, 6) is -4.14. The van der Waals surface area contributed by atoms with Crippen molar-refractivity contribution >= 4 is 23.7 Å². The standard InChI is InChI=1S/C34H46O15/c1-15(36)45-21-12-22(38)48-30(2,3)19-11-20(37)33(6)18(32(19,21)5)7-9-31(4,34(33)27(49-34)28(42)43)26(16-8-10-44-14-16)47-29-25(41)24(40)23(39)17(13-35)46-29/h8,10,14,17-19,21,23-27,29,35,39-41H,7,9,11-13H2,1-6H3,(H,42,43)/t17-,18?,19?,21?,23-,24+,25-,26+,27?,29+,31+,32-,33+,34?/m1/s1. The van der Waals surface area contributed by atoms with Crippen molar-refractivity contribution in [1.29, 1.82) is 0 Å². The Bertz CT molecular complexity index is 1490. The molecule has 5 aliphatic rings. The Hall–Kier alpha value is -2.92. The third-order valence-electron chi connectivity index (χ3n) is 12.7. The largest absolute Gasteiger partial charge is 0.479 e. The molecule has 272 valence electrons. The monoisotopic (exact) mass is 694 g/mol. The van der Waals surface area contributed by atoms with Crippen molar-refractivity contribution in [2.75, 3.05) is 6.61 Å². The molecule has 6 rings (SSSR count). The summed E-state index contributed by atoms with van der Waals surface area (Å²) in [5.41, 5.74) is -6.51. The molecular weight excluding hydrogens is 648 g/mol. The van der Waals surface area contributed by atoms with Crippen LogP contribution in [-0.2, 0) is 42.9 Å². The normalized spacial score (nSPS) is 46.5. The predicted octanol–water partition coefficient (Wildman–Crippen LogP) is 1.03. The molecule has 2 saturated carbocycles. The van der Waals surface area contributed by atoms with Crippen LogP contribution < -0.4 is 0 Å². The maximum absolute atomic E-state index is 14.8. The van der Waals surface area contributed by atoms with Gasteiger partial charge < -0.3 is 53.6 Å². The molecular formula is C34H46O15. The number of ether oxygens (including phenoxy) is 5. The fraction of sp³-hybridized carbons (Fsp3) is 0.765. The second-order valence-electron chi connectivity index (χ2n) is 15.5. The summed E-state index contributed by atoms with van der Waals surface area (Å²) in [7, 11) is 0. The summed E-state index contributed by atoms with van der Waals surface area (Å²) in [5, 5.41) is 52.3. The SMILES string of the molecule is CC(=O)OC1CC(=O)OC(C)(C)C2CC(=O)[C@]3(C)C(CC[C@@](C)([C@@H](O[C@@H]4O[C@H](CO)[C@@H](O)[C@H](O)[C@H]4O)c4ccoc4)C34OC4C(=O)O)[C@@]12C. The molecule has 0 amide bonds. The molecule has 0 bridgehead atoms. The van der Waals surface area contributed by atoms with Crippen molar-refractivity contribution in [3.8, 4) is 0 Å². The number of hydrogen-bond donors (Lipinski definition) is 5.